The summed E-state index contributed by atoms with van der Waals surface area (Å²) in [6, 6.07) is 0. The Kier molecular flexibility index (Phi) is 3.16. The third-order valence-corrected chi connectivity index (χ3v) is 0.752. The second-order valence-electron chi connectivity index (χ2n) is 1.06. The molecule has 6 heteroatoms. The molecule has 2 N–H and O–H groups in total. The average molecular weight is 152 g/mol. The Morgan fingerprint density at radius 2 is 2.00 bits per heavy atom. The number of hydrogen-bond acceptors (Lipinski definition) is 3. The topological polar surface area (TPSA) is 83.8 Å². The highest BCUT2D eigenvalue weighted by atomic mass is 31.2. The fraction of sp³-hybridized carbons (Fsp3) is 0. The third-order valence-electron chi connectivity index (χ3n) is 0.355. The van der Waals surface area contributed by atoms with E-state index in [2.05, 4.69) is 4.52 Å². The summed E-state index contributed by atoms with van der Waals surface area (Å²) in [4.78, 5) is 25.4. The second-order valence-corrected chi connectivity index (χ2v) is 2.25. The van der Waals surface area contributed by atoms with Crippen LogP contribution >= 0.6 is 7.82 Å². The van der Waals surface area contributed by atoms with E-state index in [9.17, 15) is 9.36 Å². The van der Waals surface area contributed by atoms with E-state index < -0.39 is 7.82 Å². The molecule has 0 heterocycles. The number of phosphoric acid groups is 1. The van der Waals surface area contributed by atoms with Crippen molar-refractivity contribution in [2.24, 2.45) is 0 Å². The van der Waals surface area contributed by atoms with Gasteiger partial charge in [-0.2, -0.15) is 0 Å². The minimum atomic E-state index is -4.44. The van der Waals surface area contributed by atoms with Crippen molar-refractivity contribution < 1.29 is 23.7 Å². The van der Waals surface area contributed by atoms with E-state index >= 15 is 0 Å². The molecule has 0 bridgehead atoms. The number of phosphoric ester groups is 1. The van der Waals surface area contributed by atoms with Crippen LogP contribution < -0.4 is 0 Å². The van der Waals surface area contributed by atoms with E-state index in [0.29, 0.717) is 12.5 Å². The molecule has 0 aromatic heterocycles. The summed E-state index contributed by atoms with van der Waals surface area (Å²) in [6.45, 7) is 0. The number of carbonyl (C=O) groups excluding carboxylic acids is 1. The zero-order valence-corrected chi connectivity index (χ0v) is 5.19. The van der Waals surface area contributed by atoms with Crippen LogP contribution in [0.15, 0.2) is 12.3 Å². The van der Waals surface area contributed by atoms with Crippen LogP contribution in [0.2, 0.25) is 0 Å². The highest BCUT2D eigenvalue weighted by Gasteiger charge is 2.10. The standard InChI is InChI=1S/C3H5O5P/c4-2-1-3-8-9(5,6)7/h1-3H,(H2,5,6,7)/b3-1+. The Hall–Kier alpha value is -0.640. The fourth-order valence-corrected chi connectivity index (χ4v) is 0.375. The van der Waals surface area contributed by atoms with Gasteiger partial charge in [0, 0.05) is 6.08 Å². The quantitative estimate of drug-likeness (QED) is 0.253. The molecular formula is C3H5O5P. The summed E-state index contributed by atoms with van der Waals surface area (Å²) in [5.41, 5.74) is 0. The lowest BCUT2D eigenvalue weighted by molar-refractivity contribution is -0.104. The van der Waals surface area contributed by atoms with Gasteiger partial charge in [0.1, 0.15) is 6.29 Å². The molecule has 5 nitrogen and oxygen atoms in total. The maximum absolute atomic E-state index is 9.81. The molecular weight excluding hydrogens is 147 g/mol. The molecule has 0 spiro atoms. The summed E-state index contributed by atoms with van der Waals surface area (Å²) in [6.07, 6.45) is 1.81. The Labute approximate surface area is 51.2 Å². The molecule has 0 amide bonds. The predicted octanol–water partition coefficient (Wildman–Crippen LogP) is -0.192. The average Bonchev–Trinajstić information content (AvgIpc) is 1.63. The normalized spacial score (nSPS) is 11.8. The van der Waals surface area contributed by atoms with Crippen LogP contribution in [0.3, 0.4) is 0 Å². The molecule has 0 radical (unpaired) electrons. The lowest BCUT2D eigenvalue weighted by Crippen LogP contribution is -1.77. The second kappa shape index (κ2) is 3.40. The molecule has 9 heavy (non-hydrogen) atoms. The van der Waals surface area contributed by atoms with Crippen molar-refractivity contribution in [3.63, 3.8) is 0 Å². The summed E-state index contributed by atoms with van der Waals surface area (Å²) < 4.78 is 13.5. The molecule has 0 rings (SSSR count). The van der Waals surface area contributed by atoms with Gasteiger partial charge in [-0.1, -0.05) is 0 Å². The predicted molar refractivity (Wildman–Crippen MR) is 28.3 cm³/mol. The number of carbonyl (C=O) groups is 1. The SMILES string of the molecule is O=C/C=C/OP(=O)(O)O. The monoisotopic (exact) mass is 152 g/mol. The van der Waals surface area contributed by atoms with Gasteiger partial charge in [0.15, 0.2) is 0 Å². The largest absolute Gasteiger partial charge is 0.524 e. The van der Waals surface area contributed by atoms with Crippen LogP contribution in [0, 0.1) is 0 Å². The van der Waals surface area contributed by atoms with Crippen molar-refractivity contribution in [1.82, 2.24) is 0 Å². The first kappa shape index (κ1) is 8.36. The molecule has 52 valence electrons. The summed E-state index contributed by atoms with van der Waals surface area (Å²) in [5.74, 6) is 0. The first-order valence-corrected chi connectivity index (χ1v) is 3.43. The van der Waals surface area contributed by atoms with E-state index in [1.54, 1.807) is 0 Å². The Balaban J connectivity index is 3.63. The van der Waals surface area contributed by atoms with Gasteiger partial charge in [0.05, 0.1) is 6.26 Å². The van der Waals surface area contributed by atoms with Crippen molar-refractivity contribution in [3.05, 3.63) is 12.3 Å². The van der Waals surface area contributed by atoms with E-state index in [4.69, 9.17) is 9.79 Å². The minimum absolute atomic E-state index is 0.343. The van der Waals surface area contributed by atoms with Crippen LogP contribution in [0.25, 0.3) is 0 Å². The zero-order valence-electron chi connectivity index (χ0n) is 4.30. The van der Waals surface area contributed by atoms with Gasteiger partial charge in [0.25, 0.3) is 0 Å². The lowest BCUT2D eigenvalue weighted by atomic mass is 10.7. The molecule has 0 atom stereocenters. The van der Waals surface area contributed by atoms with Gasteiger partial charge in [0.2, 0.25) is 0 Å². The van der Waals surface area contributed by atoms with E-state index in [1.165, 1.54) is 0 Å². The molecule has 0 unspecified atom stereocenters. The molecule has 0 aromatic carbocycles. The van der Waals surface area contributed by atoms with Crippen LogP contribution in [-0.4, -0.2) is 16.1 Å². The molecule has 0 saturated heterocycles. The first-order valence-electron chi connectivity index (χ1n) is 1.90. The Morgan fingerprint density at radius 3 is 2.33 bits per heavy atom. The van der Waals surface area contributed by atoms with Crippen molar-refractivity contribution in [2.75, 3.05) is 0 Å². The van der Waals surface area contributed by atoms with E-state index in [1.807, 2.05) is 0 Å². The smallest absolute Gasteiger partial charge is 0.412 e. The number of rotatable bonds is 3. The van der Waals surface area contributed by atoms with Crippen molar-refractivity contribution in [3.8, 4) is 0 Å². The van der Waals surface area contributed by atoms with E-state index in [-0.39, 0.29) is 0 Å². The molecule has 0 aliphatic rings. The number of allylic oxidation sites excluding steroid dienone is 1. The van der Waals surface area contributed by atoms with E-state index in [0.717, 1.165) is 6.08 Å². The van der Waals surface area contributed by atoms with Gasteiger partial charge < -0.3 is 4.52 Å². The number of aldehydes is 1. The van der Waals surface area contributed by atoms with Crippen LogP contribution in [0.4, 0.5) is 0 Å². The van der Waals surface area contributed by atoms with Crippen LogP contribution in [0.1, 0.15) is 0 Å². The lowest BCUT2D eigenvalue weighted by Gasteiger charge is -1.97. The summed E-state index contributed by atoms with van der Waals surface area (Å²) >= 11 is 0. The molecule has 0 aromatic rings. The molecule has 0 fully saturated rings. The van der Waals surface area contributed by atoms with Gasteiger partial charge in [-0.3, -0.25) is 14.6 Å². The molecule has 0 aliphatic heterocycles. The van der Waals surface area contributed by atoms with Gasteiger partial charge >= 0.3 is 7.82 Å². The highest BCUT2D eigenvalue weighted by molar-refractivity contribution is 7.46. The van der Waals surface area contributed by atoms with Gasteiger partial charge in [-0.15, -0.1) is 0 Å². The van der Waals surface area contributed by atoms with Crippen LogP contribution in [-0.2, 0) is 13.9 Å². The number of hydrogen-bond donors (Lipinski definition) is 2. The summed E-state index contributed by atoms with van der Waals surface area (Å²) in [5, 5.41) is 0. The van der Waals surface area contributed by atoms with Crippen molar-refractivity contribution >= 4 is 14.1 Å². The van der Waals surface area contributed by atoms with Crippen molar-refractivity contribution in [1.29, 1.82) is 0 Å². The maximum Gasteiger partial charge on any atom is 0.524 e. The Morgan fingerprint density at radius 1 is 1.44 bits per heavy atom. The minimum Gasteiger partial charge on any atom is -0.412 e. The maximum atomic E-state index is 9.81. The first-order chi connectivity index (χ1) is 4.06. The Bertz CT molecular complexity index is 156. The fourth-order valence-electron chi connectivity index (χ4n) is 0.146. The molecule has 0 aliphatic carbocycles. The van der Waals surface area contributed by atoms with Crippen LogP contribution in [0.5, 0.6) is 0 Å². The summed E-state index contributed by atoms with van der Waals surface area (Å²) in [7, 11) is -4.44. The zero-order chi connectivity index (χ0) is 7.33. The highest BCUT2D eigenvalue weighted by Crippen LogP contribution is 2.35. The van der Waals surface area contributed by atoms with Crippen molar-refractivity contribution in [2.45, 2.75) is 0 Å². The van der Waals surface area contributed by atoms with Gasteiger partial charge in [-0.05, 0) is 0 Å². The third kappa shape index (κ3) is 7.36. The molecule has 0 saturated carbocycles. The van der Waals surface area contributed by atoms with Gasteiger partial charge in [-0.25, -0.2) is 4.57 Å².